The summed E-state index contributed by atoms with van der Waals surface area (Å²) in [6.45, 7) is 3.96. The van der Waals surface area contributed by atoms with Crippen molar-refractivity contribution >= 4 is 0 Å². The number of hydrogen-bond donors (Lipinski definition) is 0. The average Bonchev–Trinajstić information content (AvgIpc) is 2.40. The minimum atomic E-state index is -0.0775. The molecule has 96 valence electrons. The molecule has 1 heterocycles. The van der Waals surface area contributed by atoms with Gasteiger partial charge in [-0.1, -0.05) is 0 Å². The van der Waals surface area contributed by atoms with Gasteiger partial charge in [-0.05, 0) is 32.6 Å². The lowest BCUT2D eigenvalue weighted by Crippen LogP contribution is -2.41. The number of nitrogens with zero attached hydrogens (tertiary/aromatic N) is 1. The fourth-order valence-corrected chi connectivity index (χ4v) is 2.63. The summed E-state index contributed by atoms with van der Waals surface area (Å²) >= 11 is 0. The molecule has 4 heteroatoms. The van der Waals surface area contributed by atoms with Crippen LogP contribution in [-0.4, -0.2) is 32.2 Å². The first-order chi connectivity index (χ1) is 8.33. The van der Waals surface area contributed by atoms with E-state index in [4.69, 9.17) is 19.5 Å². The summed E-state index contributed by atoms with van der Waals surface area (Å²) in [6.07, 6.45) is 4.07. The van der Waals surface area contributed by atoms with Gasteiger partial charge in [-0.2, -0.15) is 5.26 Å². The summed E-state index contributed by atoms with van der Waals surface area (Å²) in [5, 5.41) is 8.85. The van der Waals surface area contributed by atoms with Crippen LogP contribution in [0.2, 0.25) is 0 Å². The Kier molecular flexibility index (Phi) is 4.78. The topological polar surface area (TPSA) is 51.5 Å². The molecule has 0 radical (unpaired) electrons. The molecule has 1 saturated carbocycles. The molecular weight excluding hydrogens is 218 g/mol. The Morgan fingerprint density at radius 2 is 1.82 bits per heavy atom. The van der Waals surface area contributed by atoms with Crippen molar-refractivity contribution in [2.45, 2.75) is 45.0 Å². The molecule has 0 aromatic carbocycles. The molecule has 1 aliphatic carbocycles. The maximum atomic E-state index is 8.85. The van der Waals surface area contributed by atoms with Gasteiger partial charge in [0.05, 0.1) is 19.3 Å². The predicted molar refractivity (Wildman–Crippen MR) is 62.2 cm³/mol. The monoisotopic (exact) mass is 239 g/mol. The van der Waals surface area contributed by atoms with Crippen LogP contribution >= 0.6 is 0 Å². The van der Waals surface area contributed by atoms with Crippen molar-refractivity contribution in [3.63, 3.8) is 0 Å². The largest absolute Gasteiger partial charge is 0.374 e. The molecule has 0 amide bonds. The standard InChI is InChI=1S/C13H21NO3/c1-2-15-12-8-16-13(17-9-12)11-5-3-10(7-14)4-6-11/h10-13H,2-6,8-9H2,1H3/t10-,11-,12-,13-. The Morgan fingerprint density at radius 1 is 1.18 bits per heavy atom. The molecule has 0 aromatic rings. The quantitative estimate of drug-likeness (QED) is 0.756. The van der Waals surface area contributed by atoms with Gasteiger partial charge in [0.15, 0.2) is 6.29 Å². The van der Waals surface area contributed by atoms with Crippen LogP contribution in [0.4, 0.5) is 0 Å². The van der Waals surface area contributed by atoms with E-state index in [1.54, 1.807) is 0 Å². The molecule has 0 spiro atoms. The van der Waals surface area contributed by atoms with Gasteiger partial charge in [-0.25, -0.2) is 0 Å². The van der Waals surface area contributed by atoms with E-state index >= 15 is 0 Å². The van der Waals surface area contributed by atoms with Crippen LogP contribution in [0, 0.1) is 23.2 Å². The van der Waals surface area contributed by atoms with Crippen molar-refractivity contribution in [3.05, 3.63) is 0 Å². The lowest BCUT2D eigenvalue weighted by Gasteiger charge is -2.36. The SMILES string of the molecule is CCO[C@H]1CO[C@H]([C@H]2CC[C@H](C#N)CC2)OC1. The summed E-state index contributed by atoms with van der Waals surface area (Å²) in [5.74, 6) is 0.702. The molecule has 0 bridgehead atoms. The summed E-state index contributed by atoms with van der Waals surface area (Å²) in [4.78, 5) is 0. The van der Waals surface area contributed by atoms with Crippen LogP contribution in [0.1, 0.15) is 32.6 Å². The zero-order chi connectivity index (χ0) is 12.1. The maximum absolute atomic E-state index is 8.85. The van der Waals surface area contributed by atoms with Gasteiger partial charge >= 0.3 is 0 Å². The number of nitriles is 1. The molecule has 4 nitrogen and oxygen atoms in total. The Bertz CT molecular complexity index is 260. The Morgan fingerprint density at radius 3 is 2.35 bits per heavy atom. The van der Waals surface area contributed by atoms with Gasteiger partial charge in [0, 0.05) is 18.4 Å². The summed E-state index contributed by atoms with van der Waals surface area (Å²) in [7, 11) is 0. The Hall–Kier alpha value is -0.630. The van der Waals surface area contributed by atoms with E-state index in [9.17, 15) is 0 Å². The summed E-state index contributed by atoms with van der Waals surface area (Å²) in [6, 6.07) is 2.35. The molecule has 0 unspecified atom stereocenters. The molecule has 0 N–H and O–H groups in total. The summed E-state index contributed by atoms with van der Waals surface area (Å²) < 4.78 is 16.9. The maximum Gasteiger partial charge on any atom is 0.160 e. The average molecular weight is 239 g/mol. The zero-order valence-electron chi connectivity index (χ0n) is 10.4. The van der Waals surface area contributed by atoms with Gasteiger partial charge in [0.2, 0.25) is 0 Å². The minimum absolute atomic E-state index is 0.0775. The normalized spacial score (nSPS) is 38.6. The van der Waals surface area contributed by atoms with Crippen LogP contribution in [0.15, 0.2) is 0 Å². The van der Waals surface area contributed by atoms with Gasteiger partial charge in [0.1, 0.15) is 6.10 Å². The zero-order valence-corrected chi connectivity index (χ0v) is 10.4. The lowest BCUT2D eigenvalue weighted by atomic mass is 9.82. The smallest absolute Gasteiger partial charge is 0.160 e. The predicted octanol–water partition coefficient (Wildman–Crippen LogP) is 2.09. The van der Waals surface area contributed by atoms with Crippen LogP contribution < -0.4 is 0 Å². The van der Waals surface area contributed by atoms with E-state index in [1.165, 1.54) is 0 Å². The van der Waals surface area contributed by atoms with Crippen molar-refractivity contribution in [1.82, 2.24) is 0 Å². The van der Waals surface area contributed by atoms with Gasteiger partial charge in [0.25, 0.3) is 0 Å². The second-order valence-corrected chi connectivity index (χ2v) is 4.85. The first-order valence-electron chi connectivity index (χ1n) is 6.58. The van der Waals surface area contributed by atoms with Crippen molar-refractivity contribution in [2.75, 3.05) is 19.8 Å². The van der Waals surface area contributed by atoms with E-state index in [1.807, 2.05) is 6.92 Å². The molecule has 1 aliphatic heterocycles. The van der Waals surface area contributed by atoms with Gasteiger partial charge in [-0.3, -0.25) is 0 Å². The highest BCUT2D eigenvalue weighted by atomic mass is 16.7. The molecule has 0 aromatic heterocycles. The molecule has 1 saturated heterocycles. The molecule has 2 rings (SSSR count). The highest BCUT2D eigenvalue weighted by molar-refractivity contribution is 4.88. The van der Waals surface area contributed by atoms with E-state index in [0.29, 0.717) is 25.7 Å². The van der Waals surface area contributed by atoms with Gasteiger partial charge in [-0.15, -0.1) is 0 Å². The van der Waals surface area contributed by atoms with Crippen LogP contribution in [-0.2, 0) is 14.2 Å². The number of ether oxygens (including phenoxy) is 3. The third kappa shape index (κ3) is 3.41. The number of rotatable bonds is 3. The van der Waals surface area contributed by atoms with E-state index in [0.717, 1.165) is 25.7 Å². The fourth-order valence-electron chi connectivity index (χ4n) is 2.63. The highest BCUT2D eigenvalue weighted by Crippen LogP contribution is 2.33. The fraction of sp³-hybridized carbons (Fsp3) is 0.923. The van der Waals surface area contributed by atoms with Crippen LogP contribution in [0.25, 0.3) is 0 Å². The van der Waals surface area contributed by atoms with Crippen molar-refractivity contribution in [3.8, 4) is 6.07 Å². The second-order valence-electron chi connectivity index (χ2n) is 4.85. The Balaban J connectivity index is 1.72. The first-order valence-corrected chi connectivity index (χ1v) is 6.58. The molecule has 0 atom stereocenters. The highest BCUT2D eigenvalue weighted by Gasteiger charge is 2.32. The second kappa shape index (κ2) is 6.34. The van der Waals surface area contributed by atoms with Crippen molar-refractivity contribution < 1.29 is 14.2 Å². The van der Waals surface area contributed by atoms with Crippen molar-refractivity contribution in [2.24, 2.45) is 11.8 Å². The van der Waals surface area contributed by atoms with E-state index in [2.05, 4.69) is 6.07 Å². The van der Waals surface area contributed by atoms with Crippen molar-refractivity contribution in [1.29, 1.82) is 5.26 Å². The molecule has 2 fully saturated rings. The molecular formula is C13H21NO3. The van der Waals surface area contributed by atoms with E-state index in [-0.39, 0.29) is 18.3 Å². The minimum Gasteiger partial charge on any atom is -0.374 e. The summed E-state index contributed by atoms with van der Waals surface area (Å²) in [5.41, 5.74) is 0. The third-order valence-electron chi connectivity index (χ3n) is 3.63. The van der Waals surface area contributed by atoms with Crippen LogP contribution in [0.5, 0.6) is 0 Å². The first kappa shape index (κ1) is 12.8. The molecule has 17 heavy (non-hydrogen) atoms. The Labute approximate surface area is 103 Å². The number of hydrogen-bond acceptors (Lipinski definition) is 4. The molecule has 2 aliphatic rings. The lowest BCUT2D eigenvalue weighted by molar-refractivity contribution is -0.248. The third-order valence-corrected chi connectivity index (χ3v) is 3.63. The van der Waals surface area contributed by atoms with Gasteiger partial charge < -0.3 is 14.2 Å². The van der Waals surface area contributed by atoms with Crippen LogP contribution in [0.3, 0.4) is 0 Å². The van der Waals surface area contributed by atoms with E-state index < -0.39 is 0 Å².